The molecule has 19 heavy (non-hydrogen) atoms. The van der Waals surface area contributed by atoms with Crippen LogP contribution in [0.25, 0.3) is 10.9 Å². The Morgan fingerprint density at radius 2 is 1.89 bits per heavy atom. The van der Waals surface area contributed by atoms with E-state index in [1.807, 2.05) is 25.1 Å². The molecule has 0 atom stereocenters. The second-order valence-electron chi connectivity index (χ2n) is 4.56. The van der Waals surface area contributed by atoms with E-state index in [1.165, 1.54) is 12.1 Å². The average molecular weight is 253 g/mol. The average Bonchev–Trinajstić information content (AvgIpc) is 2.81. The fourth-order valence-corrected chi connectivity index (χ4v) is 2.21. The first-order valence-electron chi connectivity index (χ1n) is 6.04. The third kappa shape index (κ3) is 1.93. The lowest BCUT2D eigenvalue weighted by molar-refractivity contribution is 0.103. The number of hydrogen-bond acceptors (Lipinski definition) is 1. The summed E-state index contributed by atoms with van der Waals surface area (Å²) in [6, 6.07) is 11.9. The Kier molecular flexibility index (Phi) is 2.67. The highest BCUT2D eigenvalue weighted by atomic mass is 19.1. The number of aromatic amines is 1. The number of H-pyrrole nitrogens is 1. The number of benzene rings is 2. The lowest BCUT2D eigenvalue weighted by atomic mass is 10.0. The minimum absolute atomic E-state index is 0.102. The predicted octanol–water partition coefficient (Wildman–Crippen LogP) is 3.85. The molecule has 0 aliphatic heterocycles. The summed E-state index contributed by atoms with van der Waals surface area (Å²) >= 11 is 0. The molecule has 3 rings (SSSR count). The van der Waals surface area contributed by atoms with Crippen molar-refractivity contribution in [2.24, 2.45) is 0 Å². The highest BCUT2D eigenvalue weighted by Gasteiger charge is 2.17. The molecule has 1 N–H and O–H groups in total. The van der Waals surface area contributed by atoms with Crippen molar-refractivity contribution in [3.05, 3.63) is 71.2 Å². The van der Waals surface area contributed by atoms with Crippen LogP contribution in [0.1, 0.15) is 21.5 Å². The van der Waals surface area contributed by atoms with E-state index in [1.54, 1.807) is 18.3 Å². The van der Waals surface area contributed by atoms with Gasteiger partial charge in [-0.3, -0.25) is 4.79 Å². The van der Waals surface area contributed by atoms with E-state index >= 15 is 0 Å². The Morgan fingerprint density at radius 1 is 1.11 bits per heavy atom. The van der Waals surface area contributed by atoms with Crippen LogP contribution in [0.2, 0.25) is 0 Å². The molecule has 3 aromatic rings. The van der Waals surface area contributed by atoms with Gasteiger partial charge in [0.25, 0.3) is 0 Å². The molecule has 0 aliphatic rings. The summed E-state index contributed by atoms with van der Waals surface area (Å²) < 4.78 is 13.7. The van der Waals surface area contributed by atoms with Crippen molar-refractivity contribution in [3.63, 3.8) is 0 Å². The van der Waals surface area contributed by atoms with Gasteiger partial charge in [-0.25, -0.2) is 4.39 Å². The number of halogens is 1. The van der Waals surface area contributed by atoms with Crippen LogP contribution in [0, 0.1) is 12.7 Å². The highest BCUT2D eigenvalue weighted by Crippen LogP contribution is 2.23. The second-order valence-corrected chi connectivity index (χ2v) is 4.56. The van der Waals surface area contributed by atoms with Crippen LogP contribution < -0.4 is 0 Å². The fourth-order valence-electron chi connectivity index (χ4n) is 2.21. The summed E-state index contributed by atoms with van der Waals surface area (Å²) in [5, 5.41) is 0.827. The predicted molar refractivity (Wildman–Crippen MR) is 72.9 cm³/mol. The maximum Gasteiger partial charge on any atom is 0.198 e. The van der Waals surface area contributed by atoms with Gasteiger partial charge in [0.15, 0.2) is 5.78 Å². The van der Waals surface area contributed by atoms with Crippen LogP contribution in [0.4, 0.5) is 4.39 Å². The molecular formula is C16H12FNO. The molecule has 1 aromatic heterocycles. The number of aromatic nitrogens is 1. The summed E-state index contributed by atoms with van der Waals surface area (Å²) in [5.41, 5.74) is 2.55. The summed E-state index contributed by atoms with van der Waals surface area (Å²) in [6.45, 7) is 1.96. The number of fused-ring (bicyclic) bond motifs is 1. The summed E-state index contributed by atoms with van der Waals surface area (Å²) in [7, 11) is 0. The number of carbonyl (C=O) groups excluding carboxylic acids is 1. The Hall–Kier alpha value is -2.42. The molecule has 0 saturated heterocycles. The molecule has 94 valence electrons. The molecular weight excluding hydrogens is 241 g/mol. The normalized spacial score (nSPS) is 10.8. The van der Waals surface area contributed by atoms with Crippen LogP contribution in [0.5, 0.6) is 0 Å². The lowest BCUT2D eigenvalue weighted by Gasteiger charge is -2.01. The summed E-state index contributed by atoms with van der Waals surface area (Å²) in [6.07, 6.45) is 1.64. The van der Waals surface area contributed by atoms with Gasteiger partial charge in [-0.05, 0) is 31.2 Å². The number of rotatable bonds is 2. The first-order valence-corrected chi connectivity index (χ1v) is 6.04. The van der Waals surface area contributed by atoms with Gasteiger partial charge in [-0.15, -0.1) is 0 Å². The highest BCUT2D eigenvalue weighted by molar-refractivity contribution is 6.16. The Bertz CT molecular complexity index is 773. The van der Waals surface area contributed by atoms with Crippen molar-refractivity contribution in [2.45, 2.75) is 6.92 Å². The lowest BCUT2D eigenvalue weighted by Crippen LogP contribution is -2.03. The number of nitrogens with one attached hydrogen (secondary N) is 1. The van der Waals surface area contributed by atoms with E-state index in [0.717, 1.165) is 16.5 Å². The molecule has 2 aromatic carbocycles. The number of aryl methyl sites for hydroxylation is 1. The minimum atomic E-state index is -0.491. The van der Waals surface area contributed by atoms with Gasteiger partial charge >= 0.3 is 0 Å². The maximum atomic E-state index is 13.7. The number of carbonyl (C=O) groups is 1. The molecule has 0 aliphatic carbocycles. The van der Waals surface area contributed by atoms with Gasteiger partial charge in [0.1, 0.15) is 5.82 Å². The van der Waals surface area contributed by atoms with Crippen molar-refractivity contribution in [2.75, 3.05) is 0 Å². The van der Waals surface area contributed by atoms with Gasteiger partial charge < -0.3 is 4.98 Å². The topological polar surface area (TPSA) is 32.9 Å². The zero-order valence-corrected chi connectivity index (χ0v) is 10.4. The Labute approximate surface area is 109 Å². The zero-order valence-electron chi connectivity index (χ0n) is 10.4. The molecule has 0 saturated carbocycles. The Morgan fingerprint density at radius 3 is 2.68 bits per heavy atom. The van der Waals surface area contributed by atoms with Crippen molar-refractivity contribution >= 4 is 16.7 Å². The molecule has 1 heterocycles. The zero-order chi connectivity index (χ0) is 13.4. The monoisotopic (exact) mass is 253 g/mol. The molecule has 0 spiro atoms. The smallest absolute Gasteiger partial charge is 0.198 e. The van der Waals surface area contributed by atoms with E-state index < -0.39 is 5.82 Å². The molecule has 2 nitrogen and oxygen atoms in total. The molecule has 0 radical (unpaired) electrons. The minimum Gasteiger partial charge on any atom is -0.360 e. The summed E-state index contributed by atoms with van der Waals surface area (Å²) in [5.74, 6) is -0.788. The molecule has 0 unspecified atom stereocenters. The van der Waals surface area contributed by atoms with E-state index in [0.29, 0.717) is 5.56 Å². The van der Waals surface area contributed by atoms with Crippen LogP contribution >= 0.6 is 0 Å². The van der Waals surface area contributed by atoms with Crippen molar-refractivity contribution in [3.8, 4) is 0 Å². The maximum absolute atomic E-state index is 13.7. The molecule has 0 fully saturated rings. The first kappa shape index (κ1) is 11.7. The van der Waals surface area contributed by atoms with E-state index in [2.05, 4.69) is 4.98 Å². The van der Waals surface area contributed by atoms with E-state index in [-0.39, 0.29) is 11.3 Å². The third-order valence-electron chi connectivity index (χ3n) is 3.20. The van der Waals surface area contributed by atoms with Gasteiger partial charge in [-0.2, -0.15) is 0 Å². The van der Waals surface area contributed by atoms with Crippen LogP contribution in [-0.4, -0.2) is 10.8 Å². The largest absolute Gasteiger partial charge is 0.360 e. The van der Waals surface area contributed by atoms with Crippen LogP contribution in [0.3, 0.4) is 0 Å². The molecule has 3 heteroatoms. The van der Waals surface area contributed by atoms with Gasteiger partial charge in [0.2, 0.25) is 0 Å². The molecule has 0 amide bonds. The van der Waals surface area contributed by atoms with Crippen molar-refractivity contribution in [1.82, 2.24) is 4.98 Å². The van der Waals surface area contributed by atoms with Crippen molar-refractivity contribution < 1.29 is 9.18 Å². The SMILES string of the molecule is Cc1ccc2[nH]cc(C(=O)c3ccccc3F)c2c1. The van der Waals surface area contributed by atoms with Gasteiger partial charge in [0.05, 0.1) is 5.56 Å². The summed E-state index contributed by atoms with van der Waals surface area (Å²) in [4.78, 5) is 15.4. The standard InChI is InChI=1S/C16H12FNO/c1-10-6-7-15-12(8-10)13(9-18-15)16(19)11-4-2-3-5-14(11)17/h2-9,18H,1H3. The quantitative estimate of drug-likeness (QED) is 0.691. The number of ketones is 1. The molecule has 0 bridgehead atoms. The Balaban J connectivity index is 2.17. The fraction of sp³-hybridized carbons (Fsp3) is 0.0625. The van der Waals surface area contributed by atoms with E-state index in [9.17, 15) is 9.18 Å². The van der Waals surface area contributed by atoms with Crippen LogP contribution in [0.15, 0.2) is 48.7 Å². The van der Waals surface area contributed by atoms with E-state index in [4.69, 9.17) is 0 Å². The second kappa shape index (κ2) is 4.35. The van der Waals surface area contributed by atoms with Crippen molar-refractivity contribution in [1.29, 1.82) is 0 Å². The van der Waals surface area contributed by atoms with Gasteiger partial charge in [0, 0.05) is 22.7 Å². The van der Waals surface area contributed by atoms with Gasteiger partial charge in [-0.1, -0.05) is 23.8 Å². The third-order valence-corrected chi connectivity index (χ3v) is 3.20. The number of hydrogen-bond donors (Lipinski definition) is 1. The van der Waals surface area contributed by atoms with Crippen LogP contribution in [-0.2, 0) is 0 Å². The first-order chi connectivity index (χ1) is 9.16.